The molecular formula is C14H20N4O2. The van der Waals surface area contributed by atoms with Gasteiger partial charge in [0.25, 0.3) is 0 Å². The van der Waals surface area contributed by atoms with Gasteiger partial charge in [-0.15, -0.1) is 0 Å². The molecule has 2 rings (SSSR count). The van der Waals surface area contributed by atoms with Gasteiger partial charge in [-0.3, -0.25) is 9.59 Å². The second-order valence-corrected chi connectivity index (χ2v) is 5.03. The molecule has 0 spiro atoms. The number of anilines is 1. The number of hydrogen-bond acceptors (Lipinski definition) is 4. The van der Waals surface area contributed by atoms with Gasteiger partial charge in [-0.2, -0.15) is 0 Å². The van der Waals surface area contributed by atoms with Crippen LogP contribution in [0, 0.1) is 0 Å². The first-order valence-corrected chi connectivity index (χ1v) is 6.72. The van der Waals surface area contributed by atoms with Gasteiger partial charge in [0.2, 0.25) is 11.8 Å². The minimum atomic E-state index is -0.464. The minimum Gasteiger partial charge on any atom is -0.399 e. The number of nitrogens with zero attached hydrogens (tertiary/aromatic N) is 1. The summed E-state index contributed by atoms with van der Waals surface area (Å²) in [4.78, 5) is 25.1. The lowest BCUT2D eigenvalue weighted by atomic mass is 10.1. The predicted octanol–water partition coefficient (Wildman–Crippen LogP) is -0.165. The molecule has 1 aliphatic heterocycles. The Morgan fingerprint density at radius 2 is 2.05 bits per heavy atom. The van der Waals surface area contributed by atoms with E-state index < -0.39 is 6.04 Å². The maximum Gasteiger partial charge on any atom is 0.239 e. The average molecular weight is 276 g/mol. The summed E-state index contributed by atoms with van der Waals surface area (Å²) in [5.41, 5.74) is 12.9. The van der Waals surface area contributed by atoms with Gasteiger partial charge in [-0.25, -0.2) is 0 Å². The van der Waals surface area contributed by atoms with Gasteiger partial charge in [0, 0.05) is 18.8 Å². The molecule has 5 N–H and O–H groups in total. The normalized spacial score (nSPS) is 18.9. The van der Waals surface area contributed by atoms with Crippen LogP contribution in [0.2, 0.25) is 0 Å². The zero-order valence-corrected chi connectivity index (χ0v) is 11.3. The molecule has 1 aliphatic rings. The number of piperidine rings is 1. The number of likely N-dealkylation sites (tertiary alicyclic amines) is 1. The summed E-state index contributed by atoms with van der Waals surface area (Å²) in [5.74, 6) is -0.317. The Labute approximate surface area is 118 Å². The molecule has 0 aromatic heterocycles. The molecule has 1 saturated heterocycles. The Morgan fingerprint density at radius 3 is 2.75 bits per heavy atom. The highest BCUT2D eigenvalue weighted by atomic mass is 16.2. The van der Waals surface area contributed by atoms with Crippen LogP contribution >= 0.6 is 0 Å². The molecule has 0 saturated carbocycles. The number of nitrogen functional groups attached to an aromatic ring is 1. The first kappa shape index (κ1) is 14.3. The molecule has 1 aromatic carbocycles. The maximum absolute atomic E-state index is 11.8. The lowest BCUT2D eigenvalue weighted by Crippen LogP contribution is -2.51. The number of amides is 2. The summed E-state index contributed by atoms with van der Waals surface area (Å²) in [7, 11) is 0. The van der Waals surface area contributed by atoms with Gasteiger partial charge in [0.05, 0.1) is 12.6 Å². The van der Waals surface area contributed by atoms with Gasteiger partial charge in [0.15, 0.2) is 0 Å². The molecule has 1 aromatic rings. The number of nitrogens with two attached hydrogens (primary N) is 2. The van der Waals surface area contributed by atoms with Gasteiger partial charge in [0.1, 0.15) is 0 Å². The van der Waals surface area contributed by atoms with Gasteiger partial charge in [-0.05, 0) is 30.5 Å². The third-order valence-corrected chi connectivity index (χ3v) is 3.38. The van der Waals surface area contributed by atoms with Crippen molar-refractivity contribution in [2.75, 3.05) is 18.8 Å². The van der Waals surface area contributed by atoms with E-state index in [1.165, 1.54) is 4.90 Å². The Hall–Kier alpha value is -2.08. The van der Waals surface area contributed by atoms with Crippen molar-refractivity contribution in [2.45, 2.75) is 25.4 Å². The highest BCUT2D eigenvalue weighted by Gasteiger charge is 2.26. The minimum absolute atomic E-state index is 0.0709. The number of rotatable bonds is 4. The van der Waals surface area contributed by atoms with Crippen LogP contribution < -0.4 is 16.8 Å². The molecule has 1 fully saturated rings. The van der Waals surface area contributed by atoms with Crippen molar-refractivity contribution in [3.05, 3.63) is 29.8 Å². The summed E-state index contributed by atoms with van der Waals surface area (Å²) in [6.07, 6.45) is 1.54. The number of carbonyl (C=O) groups is 2. The van der Waals surface area contributed by atoms with E-state index in [2.05, 4.69) is 5.32 Å². The van der Waals surface area contributed by atoms with Crippen molar-refractivity contribution < 1.29 is 9.59 Å². The average Bonchev–Trinajstić information content (AvgIpc) is 2.43. The third-order valence-electron chi connectivity index (χ3n) is 3.38. The van der Waals surface area contributed by atoms with Crippen molar-refractivity contribution in [1.82, 2.24) is 10.2 Å². The fourth-order valence-corrected chi connectivity index (χ4v) is 2.19. The zero-order valence-electron chi connectivity index (χ0n) is 11.3. The smallest absolute Gasteiger partial charge is 0.239 e. The summed E-state index contributed by atoms with van der Waals surface area (Å²) in [6.45, 7) is 1.09. The molecule has 1 atom stereocenters. The summed E-state index contributed by atoms with van der Waals surface area (Å²) < 4.78 is 0. The molecule has 0 radical (unpaired) electrons. The van der Waals surface area contributed by atoms with Crippen LogP contribution in [0.1, 0.15) is 18.4 Å². The van der Waals surface area contributed by atoms with E-state index >= 15 is 0 Å². The van der Waals surface area contributed by atoms with E-state index in [0.717, 1.165) is 12.0 Å². The Bertz CT molecular complexity index is 486. The lowest BCUT2D eigenvalue weighted by molar-refractivity contribution is -0.139. The van der Waals surface area contributed by atoms with E-state index in [1.54, 1.807) is 12.1 Å². The second-order valence-electron chi connectivity index (χ2n) is 5.03. The van der Waals surface area contributed by atoms with E-state index in [9.17, 15) is 9.59 Å². The SMILES string of the molecule is Nc1ccc(CNC(=O)CN2CCCC(N)C2=O)cc1. The fraction of sp³-hybridized carbons (Fsp3) is 0.429. The summed E-state index contributed by atoms with van der Waals surface area (Å²) in [6, 6.07) is 6.83. The van der Waals surface area contributed by atoms with Crippen LogP contribution in [-0.2, 0) is 16.1 Å². The van der Waals surface area contributed by atoms with Crippen molar-refractivity contribution in [3.63, 3.8) is 0 Å². The molecule has 6 nitrogen and oxygen atoms in total. The summed E-state index contributed by atoms with van der Waals surface area (Å²) >= 11 is 0. The first-order chi connectivity index (χ1) is 9.56. The number of carbonyl (C=O) groups excluding carboxylic acids is 2. The van der Waals surface area contributed by atoms with Crippen LogP contribution in [0.4, 0.5) is 5.69 Å². The largest absolute Gasteiger partial charge is 0.399 e. The van der Waals surface area contributed by atoms with E-state index in [-0.39, 0.29) is 18.4 Å². The number of hydrogen-bond donors (Lipinski definition) is 3. The van der Waals surface area contributed by atoms with Crippen LogP contribution in [0.5, 0.6) is 0 Å². The standard InChI is InChI=1S/C14H20N4O2/c15-11-5-3-10(4-6-11)8-17-13(19)9-18-7-1-2-12(16)14(18)20/h3-6,12H,1-2,7-9,15-16H2,(H,17,19). The predicted molar refractivity (Wildman–Crippen MR) is 76.5 cm³/mol. The second kappa shape index (κ2) is 6.38. The first-order valence-electron chi connectivity index (χ1n) is 6.72. The molecular weight excluding hydrogens is 256 g/mol. The van der Waals surface area contributed by atoms with Crippen molar-refractivity contribution in [3.8, 4) is 0 Å². The monoisotopic (exact) mass is 276 g/mol. The molecule has 1 heterocycles. The fourth-order valence-electron chi connectivity index (χ4n) is 2.19. The molecule has 1 unspecified atom stereocenters. The Kier molecular flexibility index (Phi) is 4.57. The van der Waals surface area contributed by atoms with Gasteiger partial charge >= 0.3 is 0 Å². The molecule has 0 bridgehead atoms. The zero-order chi connectivity index (χ0) is 14.5. The Balaban J connectivity index is 1.80. The summed E-state index contributed by atoms with van der Waals surface area (Å²) in [5, 5.41) is 2.79. The van der Waals surface area contributed by atoms with Crippen LogP contribution in [0.3, 0.4) is 0 Å². The topological polar surface area (TPSA) is 101 Å². The van der Waals surface area contributed by atoms with Gasteiger partial charge < -0.3 is 21.7 Å². The highest BCUT2D eigenvalue weighted by Crippen LogP contribution is 2.09. The van der Waals surface area contributed by atoms with Crippen LogP contribution in [0.25, 0.3) is 0 Å². The van der Waals surface area contributed by atoms with Crippen molar-refractivity contribution in [1.29, 1.82) is 0 Å². The molecule has 2 amide bonds. The molecule has 20 heavy (non-hydrogen) atoms. The molecule has 6 heteroatoms. The van der Waals surface area contributed by atoms with E-state index in [1.807, 2.05) is 12.1 Å². The Morgan fingerprint density at radius 1 is 1.35 bits per heavy atom. The van der Waals surface area contributed by atoms with E-state index in [4.69, 9.17) is 11.5 Å². The van der Waals surface area contributed by atoms with Crippen molar-refractivity contribution >= 4 is 17.5 Å². The van der Waals surface area contributed by atoms with E-state index in [0.29, 0.717) is 25.2 Å². The third kappa shape index (κ3) is 3.71. The van der Waals surface area contributed by atoms with Crippen molar-refractivity contribution in [2.24, 2.45) is 5.73 Å². The lowest BCUT2D eigenvalue weighted by Gasteiger charge is -2.29. The highest BCUT2D eigenvalue weighted by molar-refractivity contribution is 5.87. The number of benzene rings is 1. The molecule has 0 aliphatic carbocycles. The molecule has 108 valence electrons. The number of nitrogens with one attached hydrogen (secondary N) is 1. The van der Waals surface area contributed by atoms with Crippen LogP contribution in [0.15, 0.2) is 24.3 Å². The van der Waals surface area contributed by atoms with Gasteiger partial charge in [-0.1, -0.05) is 12.1 Å². The quantitative estimate of drug-likeness (QED) is 0.665. The maximum atomic E-state index is 11.8. The van der Waals surface area contributed by atoms with Crippen LogP contribution in [-0.4, -0.2) is 35.8 Å².